The number of ether oxygens (including phenoxy) is 2. The molecule has 2 atom stereocenters. The second kappa shape index (κ2) is 9.29. The number of aryl methyl sites for hydroxylation is 1. The minimum atomic E-state index is -4.02. The molecule has 0 spiro atoms. The van der Waals surface area contributed by atoms with Gasteiger partial charge in [0.25, 0.3) is 5.91 Å². The Kier molecular flexibility index (Phi) is 6.79. The number of alkyl carbamates (subject to hydrolysis) is 1. The van der Waals surface area contributed by atoms with Gasteiger partial charge in [0.05, 0.1) is 28.0 Å². The van der Waals surface area contributed by atoms with Crippen LogP contribution in [0.1, 0.15) is 41.0 Å². The van der Waals surface area contributed by atoms with Gasteiger partial charge >= 0.3 is 6.09 Å². The van der Waals surface area contributed by atoms with Gasteiger partial charge in [0.15, 0.2) is 0 Å². The van der Waals surface area contributed by atoms with E-state index < -0.39 is 38.4 Å². The van der Waals surface area contributed by atoms with Crippen molar-refractivity contribution >= 4 is 56.7 Å². The van der Waals surface area contributed by atoms with Crippen molar-refractivity contribution in [3.05, 3.63) is 44.7 Å². The largest absolute Gasteiger partial charge is 0.444 e. The molecule has 0 aromatic carbocycles. The molecule has 2 unspecified atom stereocenters. The number of hydrogen-bond acceptors (Lipinski definition) is 9. The number of carbonyl (C=O) groups is 2. The molecule has 14 heteroatoms. The number of nitrogens with one attached hydrogen (secondary N) is 2. The first kappa shape index (κ1) is 26.3. The first-order valence-corrected chi connectivity index (χ1v) is 13.6. The van der Waals surface area contributed by atoms with E-state index in [0.29, 0.717) is 10.7 Å². The molecular weight excluding hydrogens is 530 g/mol. The van der Waals surface area contributed by atoms with Gasteiger partial charge in [-0.2, -0.15) is 0 Å². The lowest BCUT2D eigenvalue weighted by Crippen LogP contribution is -2.58. The van der Waals surface area contributed by atoms with Crippen molar-refractivity contribution in [2.24, 2.45) is 4.99 Å². The highest BCUT2D eigenvalue weighted by molar-refractivity contribution is 7.90. The van der Waals surface area contributed by atoms with Crippen molar-refractivity contribution in [1.82, 2.24) is 14.6 Å². The van der Waals surface area contributed by atoms with Crippen LogP contribution in [0.2, 0.25) is 5.02 Å². The summed E-state index contributed by atoms with van der Waals surface area (Å²) in [4.78, 5) is 34.8. The number of thiophene rings is 1. The number of pyridine rings is 1. The van der Waals surface area contributed by atoms with E-state index in [9.17, 15) is 18.0 Å². The van der Waals surface area contributed by atoms with Gasteiger partial charge in [0.1, 0.15) is 22.2 Å². The monoisotopic (exact) mass is 555 g/mol. The molecule has 2 aliphatic rings. The molecule has 4 heterocycles. The minimum Gasteiger partial charge on any atom is -0.444 e. The molecule has 194 valence electrons. The molecule has 2 aromatic rings. The van der Waals surface area contributed by atoms with Gasteiger partial charge in [-0.1, -0.05) is 17.7 Å². The summed E-state index contributed by atoms with van der Waals surface area (Å²) < 4.78 is 38.6. The quantitative estimate of drug-likeness (QED) is 0.593. The number of rotatable bonds is 3. The zero-order chi connectivity index (χ0) is 26.5. The number of sulfonamides is 1. The van der Waals surface area contributed by atoms with Gasteiger partial charge in [0.2, 0.25) is 16.0 Å². The molecule has 0 aliphatic carbocycles. The molecule has 2 aliphatic heterocycles. The van der Waals surface area contributed by atoms with Crippen LogP contribution in [-0.4, -0.2) is 66.8 Å². The summed E-state index contributed by atoms with van der Waals surface area (Å²) in [5.74, 6) is -0.314. The van der Waals surface area contributed by atoms with Gasteiger partial charge < -0.3 is 14.8 Å². The topological polar surface area (TPSA) is 139 Å². The third-order valence-electron chi connectivity index (χ3n) is 5.52. The van der Waals surface area contributed by atoms with Gasteiger partial charge in [-0.25, -0.2) is 27.5 Å². The smallest absolute Gasteiger partial charge is 0.414 e. The number of halogens is 1. The highest BCUT2D eigenvalue weighted by Gasteiger charge is 2.59. The standard InChI is InChI=1S/C22H26ClN5O6S2/c1-12-7-6-8-16(24-12)25-18(29)14-9-13(23)17(35-14)22-11-33-10-15(22)36(31,32)28(5)19(27-22)26-20(30)34-21(2,3)4/h6-9,15H,10-11H2,1-5H3,(H,24,25,29)(H,26,27,30). The number of nitrogens with zero attached hydrogens (tertiary/aromatic N) is 3. The maximum atomic E-state index is 13.4. The van der Waals surface area contributed by atoms with E-state index in [1.54, 1.807) is 45.9 Å². The lowest BCUT2D eigenvalue weighted by Gasteiger charge is -2.38. The zero-order valence-corrected chi connectivity index (χ0v) is 22.7. The second-order valence-corrected chi connectivity index (χ2v) is 13.0. The minimum absolute atomic E-state index is 0.106. The number of amides is 2. The van der Waals surface area contributed by atoms with Crippen LogP contribution >= 0.6 is 22.9 Å². The van der Waals surface area contributed by atoms with E-state index in [-0.39, 0.29) is 29.1 Å². The average molecular weight is 556 g/mol. The van der Waals surface area contributed by atoms with Crippen molar-refractivity contribution in [3.63, 3.8) is 0 Å². The van der Waals surface area contributed by atoms with E-state index in [1.807, 2.05) is 0 Å². The molecule has 2 amide bonds. The van der Waals surface area contributed by atoms with Crippen molar-refractivity contribution in [2.75, 3.05) is 25.6 Å². The van der Waals surface area contributed by atoms with Crippen molar-refractivity contribution in [2.45, 2.75) is 44.1 Å². The Morgan fingerprint density at radius 3 is 2.69 bits per heavy atom. The van der Waals surface area contributed by atoms with E-state index >= 15 is 0 Å². The molecule has 1 fully saturated rings. The first-order valence-electron chi connectivity index (χ1n) is 10.9. The molecular formula is C22H26ClN5O6S2. The van der Waals surface area contributed by atoms with E-state index in [0.717, 1.165) is 21.3 Å². The average Bonchev–Trinajstić information content (AvgIpc) is 3.36. The van der Waals surface area contributed by atoms with Crippen LogP contribution in [0.3, 0.4) is 0 Å². The lowest BCUT2D eigenvalue weighted by atomic mass is 9.96. The summed E-state index contributed by atoms with van der Waals surface area (Å²) in [5.41, 5.74) is -1.53. The zero-order valence-electron chi connectivity index (χ0n) is 20.3. The number of hydrogen-bond donors (Lipinski definition) is 2. The molecule has 0 radical (unpaired) electrons. The molecule has 11 nitrogen and oxygen atoms in total. The third-order valence-corrected chi connectivity index (χ3v) is 9.41. The van der Waals surface area contributed by atoms with Gasteiger partial charge in [-0.3, -0.25) is 10.1 Å². The number of fused-ring (bicyclic) bond motifs is 1. The summed E-state index contributed by atoms with van der Waals surface area (Å²) in [6.07, 6.45) is -0.862. The second-order valence-electron chi connectivity index (χ2n) is 9.41. The normalized spacial score (nSPS) is 23.0. The van der Waals surface area contributed by atoms with E-state index in [1.165, 1.54) is 13.1 Å². The fraction of sp³-hybridized carbons (Fsp3) is 0.455. The van der Waals surface area contributed by atoms with Crippen LogP contribution in [0.4, 0.5) is 10.6 Å². The highest BCUT2D eigenvalue weighted by Crippen LogP contribution is 2.48. The van der Waals surface area contributed by atoms with Gasteiger partial charge in [-0.05, 0) is 45.9 Å². The summed E-state index contributed by atoms with van der Waals surface area (Å²) in [7, 11) is -2.73. The van der Waals surface area contributed by atoms with Gasteiger partial charge in [0, 0.05) is 12.7 Å². The Morgan fingerprint density at radius 2 is 2.03 bits per heavy atom. The van der Waals surface area contributed by atoms with E-state index in [4.69, 9.17) is 21.1 Å². The molecule has 1 saturated heterocycles. The predicted octanol–water partition coefficient (Wildman–Crippen LogP) is 3.11. The maximum absolute atomic E-state index is 13.4. The first-order chi connectivity index (χ1) is 16.7. The van der Waals surface area contributed by atoms with Crippen molar-refractivity contribution < 1.29 is 27.5 Å². The number of aliphatic imine (C=N–C) groups is 1. The molecule has 36 heavy (non-hydrogen) atoms. The Hall–Kier alpha value is -2.74. The highest BCUT2D eigenvalue weighted by atomic mass is 35.5. The van der Waals surface area contributed by atoms with Crippen molar-refractivity contribution in [3.8, 4) is 0 Å². The summed E-state index contributed by atoms with van der Waals surface area (Å²) in [6, 6.07) is 6.68. The summed E-state index contributed by atoms with van der Waals surface area (Å²) in [6.45, 7) is 6.62. The molecule has 2 N–H and O–H groups in total. The number of aromatic nitrogens is 1. The van der Waals surface area contributed by atoms with Gasteiger partial charge in [-0.15, -0.1) is 11.3 Å². The van der Waals surface area contributed by atoms with Crippen LogP contribution in [-0.2, 0) is 25.0 Å². The SMILES string of the molecule is Cc1cccc(NC(=O)c2cc(Cl)c(C34COCC3S(=O)(=O)N(C)C(NC(=O)OC(C)(C)C)=N4)s2)n1. The Balaban J connectivity index is 1.72. The molecule has 0 saturated carbocycles. The molecule has 0 bridgehead atoms. The molecule has 2 aromatic heterocycles. The van der Waals surface area contributed by atoms with Crippen LogP contribution in [0.25, 0.3) is 0 Å². The summed E-state index contributed by atoms with van der Waals surface area (Å²) >= 11 is 7.56. The maximum Gasteiger partial charge on any atom is 0.414 e. The van der Waals surface area contributed by atoms with Crippen LogP contribution in [0.5, 0.6) is 0 Å². The fourth-order valence-corrected chi connectivity index (χ4v) is 7.25. The predicted molar refractivity (Wildman–Crippen MR) is 136 cm³/mol. The Morgan fingerprint density at radius 1 is 1.31 bits per heavy atom. The summed E-state index contributed by atoms with van der Waals surface area (Å²) in [5, 5.41) is 4.20. The number of anilines is 1. The number of carbonyl (C=O) groups excluding carboxylic acids is 2. The van der Waals surface area contributed by atoms with Crippen LogP contribution in [0.15, 0.2) is 29.3 Å². The Labute approximate surface area is 217 Å². The Bertz CT molecular complexity index is 1350. The lowest BCUT2D eigenvalue weighted by molar-refractivity contribution is 0.0558. The third kappa shape index (κ3) is 4.92. The van der Waals surface area contributed by atoms with E-state index in [2.05, 4.69) is 20.6 Å². The number of guanidine groups is 1. The fourth-order valence-electron chi connectivity index (χ4n) is 3.89. The van der Waals surface area contributed by atoms with Crippen LogP contribution < -0.4 is 10.6 Å². The van der Waals surface area contributed by atoms with Crippen molar-refractivity contribution in [1.29, 1.82) is 0 Å². The van der Waals surface area contributed by atoms with Crippen LogP contribution in [0, 0.1) is 6.92 Å². The molecule has 4 rings (SSSR count).